The summed E-state index contributed by atoms with van der Waals surface area (Å²) in [6, 6.07) is 0. The average Bonchev–Trinajstić information content (AvgIpc) is 2.38. The lowest BCUT2D eigenvalue weighted by atomic mass is 10.1. The third-order valence-corrected chi connectivity index (χ3v) is 4.53. The molecule has 2 nitrogen and oxygen atoms in total. The zero-order chi connectivity index (χ0) is 17.4. The number of Topliss-reactive ketones (excluding diaryl/α,β-unsaturated/α-hetero) is 2. The maximum absolute atomic E-state index is 11.1. The van der Waals surface area contributed by atoms with Gasteiger partial charge in [-0.3, -0.25) is 9.59 Å². The monoisotopic (exact) mass is 348 g/mol. The molecule has 0 unspecified atom stereocenters. The van der Waals surface area contributed by atoms with Crippen LogP contribution in [0.3, 0.4) is 0 Å². The zero-order valence-corrected chi connectivity index (χ0v) is 17.1. The number of rotatable bonds is 12. The van der Waals surface area contributed by atoms with Gasteiger partial charge in [-0.15, -0.1) is 0 Å². The van der Waals surface area contributed by atoms with Crippen LogP contribution in [-0.2, 0) is 9.59 Å². The highest BCUT2D eigenvalue weighted by Gasteiger charge is 2.04. The lowest BCUT2D eigenvalue weighted by Gasteiger charge is -2.02. The van der Waals surface area contributed by atoms with Crippen molar-refractivity contribution in [1.82, 2.24) is 0 Å². The van der Waals surface area contributed by atoms with Crippen molar-refractivity contribution in [2.45, 2.75) is 67.2 Å². The summed E-state index contributed by atoms with van der Waals surface area (Å²) in [4.78, 5) is 22.2. The highest BCUT2D eigenvalue weighted by Crippen LogP contribution is 2.07. The van der Waals surface area contributed by atoms with Gasteiger partial charge in [0.15, 0.2) is 0 Å². The van der Waals surface area contributed by atoms with Crippen LogP contribution in [-0.4, -0.2) is 34.6 Å². The van der Waals surface area contributed by atoms with Crippen molar-refractivity contribution in [3.63, 3.8) is 0 Å². The first-order valence-electron chi connectivity index (χ1n) is 8.52. The average molecular weight is 349 g/mol. The van der Waals surface area contributed by atoms with Crippen molar-refractivity contribution in [1.29, 1.82) is 0 Å². The number of thioether (sulfide) groups is 2. The molecule has 0 bridgehead atoms. The molecule has 0 aliphatic rings. The van der Waals surface area contributed by atoms with Crippen molar-refractivity contribution in [2.75, 3.05) is 23.0 Å². The molecule has 0 amide bonds. The second kappa shape index (κ2) is 17.4. The molecule has 0 saturated carbocycles. The molecule has 0 aromatic rings. The van der Waals surface area contributed by atoms with Crippen LogP contribution in [0.1, 0.15) is 67.2 Å². The molecule has 0 N–H and O–H groups in total. The van der Waals surface area contributed by atoms with E-state index < -0.39 is 0 Å². The molecule has 0 spiro atoms. The van der Waals surface area contributed by atoms with Gasteiger partial charge in [-0.2, -0.15) is 23.5 Å². The summed E-state index contributed by atoms with van der Waals surface area (Å²) in [5.41, 5.74) is 0. The molecular formula is C18H36O2S2. The molecule has 0 atom stereocenters. The molecule has 0 aromatic heterocycles. The van der Waals surface area contributed by atoms with E-state index in [4.69, 9.17) is 0 Å². The van der Waals surface area contributed by atoms with Gasteiger partial charge in [0.05, 0.1) is 0 Å². The minimum atomic E-state index is 0.418. The fourth-order valence-corrected chi connectivity index (χ4v) is 3.10. The van der Waals surface area contributed by atoms with Gasteiger partial charge in [-0.25, -0.2) is 0 Å². The Labute approximate surface area is 147 Å². The summed E-state index contributed by atoms with van der Waals surface area (Å²) in [5.74, 6) is 6.12. The first-order chi connectivity index (χ1) is 10.3. The molecule has 0 aliphatic carbocycles. The highest BCUT2D eigenvalue weighted by atomic mass is 32.2. The molecule has 22 heavy (non-hydrogen) atoms. The van der Waals surface area contributed by atoms with Crippen LogP contribution in [0, 0.1) is 11.8 Å². The Kier molecular flexibility index (Phi) is 19.2. The Morgan fingerprint density at radius 1 is 0.727 bits per heavy atom. The Hall–Kier alpha value is 0.0400. The van der Waals surface area contributed by atoms with Crippen molar-refractivity contribution in [3.05, 3.63) is 0 Å². The lowest BCUT2D eigenvalue weighted by molar-refractivity contribution is -0.120. The van der Waals surface area contributed by atoms with E-state index in [1.807, 2.05) is 23.5 Å². The molecule has 0 aromatic carbocycles. The van der Waals surface area contributed by atoms with Gasteiger partial charge in [0.25, 0.3) is 0 Å². The number of hydrogen-bond donors (Lipinski definition) is 0. The summed E-state index contributed by atoms with van der Waals surface area (Å²) < 4.78 is 0. The van der Waals surface area contributed by atoms with E-state index >= 15 is 0 Å². The molecule has 4 heteroatoms. The Bertz CT molecular complexity index is 248. The first kappa shape index (κ1) is 24.3. The standard InChI is InChI=1S/2C9H18OS/c2*1-4-11-6-5-9(10)7-8(2)3/h2*8H,4-7H2,1-3H3. The number of ketones is 2. The van der Waals surface area contributed by atoms with Crippen LogP contribution in [0.4, 0.5) is 0 Å². The van der Waals surface area contributed by atoms with Gasteiger partial charge >= 0.3 is 0 Å². The van der Waals surface area contributed by atoms with Crippen molar-refractivity contribution < 1.29 is 9.59 Å². The molecular weight excluding hydrogens is 312 g/mol. The fourth-order valence-electron chi connectivity index (χ4n) is 1.78. The number of carbonyl (C=O) groups excluding carboxylic acids is 2. The first-order valence-corrected chi connectivity index (χ1v) is 10.8. The van der Waals surface area contributed by atoms with Gasteiger partial charge in [0.1, 0.15) is 11.6 Å². The van der Waals surface area contributed by atoms with Crippen LogP contribution in [0.25, 0.3) is 0 Å². The molecule has 0 aliphatic heterocycles. The van der Waals surface area contributed by atoms with E-state index in [0.29, 0.717) is 23.4 Å². The quantitative estimate of drug-likeness (QED) is 0.437. The summed E-state index contributed by atoms with van der Waals surface area (Å²) in [5, 5.41) is 0. The summed E-state index contributed by atoms with van der Waals surface area (Å²) >= 11 is 3.69. The largest absolute Gasteiger partial charge is 0.300 e. The molecule has 0 fully saturated rings. The lowest BCUT2D eigenvalue weighted by Crippen LogP contribution is -2.03. The van der Waals surface area contributed by atoms with E-state index in [1.54, 1.807) is 0 Å². The third-order valence-electron chi connectivity index (χ3n) is 2.73. The van der Waals surface area contributed by atoms with Gasteiger partial charge < -0.3 is 0 Å². The SMILES string of the molecule is CCSCCC(=O)CC(C)C.CCSCCC(=O)CC(C)C. The predicted molar refractivity (Wildman–Crippen MR) is 104 cm³/mol. The van der Waals surface area contributed by atoms with Crippen molar-refractivity contribution in [3.8, 4) is 0 Å². The van der Waals surface area contributed by atoms with E-state index in [0.717, 1.165) is 48.7 Å². The number of carbonyl (C=O) groups is 2. The molecule has 0 saturated heterocycles. The Balaban J connectivity index is 0. The van der Waals surface area contributed by atoms with Crippen molar-refractivity contribution >= 4 is 35.1 Å². The van der Waals surface area contributed by atoms with Gasteiger partial charge in [0, 0.05) is 37.2 Å². The molecule has 0 radical (unpaired) electrons. The van der Waals surface area contributed by atoms with Crippen LogP contribution in [0.2, 0.25) is 0 Å². The summed E-state index contributed by atoms with van der Waals surface area (Å²) in [6.45, 7) is 12.6. The maximum Gasteiger partial charge on any atom is 0.133 e. The molecule has 0 heterocycles. The third kappa shape index (κ3) is 22.3. The summed E-state index contributed by atoms with van der Waals surface area (Å²) in [6.07, 6.45) is 3.03. The smallest absolute Gasteiger partial charge is 0.133 e. The van der Waals surface area contributed by atoms with E-state index in [9.17, 15) is 9.59 Å². The topological polar surface area (TPSA) is 34.1 Å². The number of hydrogen-bond acceptors (Lipinski definition) is 4. The fraction of sp³-hybridized carbons (Fsp3) is 0.889. The van der Waals surface area contributed by atoms with Crippen molar-refractivity contribution in [2.24, 2.45) is 11.8 Å². The molecule has 0 rings (SSSR count). The van der Waals surface area contributed by atoms with Crippen LogP contribution in [0.5, 0.6) is 0 Å². The second-order valence-electron chi connectivity index (χ2n) is 6.17. The minimum absolute atomic E-state index is 0.418. The van der Waals surface area contributed by atoms with Gasteiger partial charge in [0.2, 0.25) is 0 Å². The minimum Gasteiger partial charge on any atom is -0.300 e. The van der Waals surface area contributed by atoms with Crippen LogP contribution >= 0.6 is 23.5 Å². The van der Waals surface area contributed by atoms with Crippen LogP contribution in [0.15, 0.2) is 0 Å². The molecule has 132 valence electrons. The second-order valence-corrected chi connectivity index (χ2v) is 8.95. The van der Waals surface area contributed by atoms with E-state index in [2.05, 4.69) is 41.5 Å². The Morgan fingerprint density at radius 2 is 1.05 bits per heavy atom. The summed E-state index contributed by atoms with van der Waals surface area (Å²) in [7, 11) is 0. The van der Waals surface area contributed by atoms with Gasteiger partial charge in [-0.05, 0) is 23.3 Å². The van der Waals surface area contributed by atoms with E-state index in [-0.39, 0.29) is 0 Å². The zero-order valence-electron chi connectivity index (χ0n) is 15.4. The predicted octanol–water partition coefficient (Wildman–Crippen LogP) is 5.49. The normalized spacial score (nSPS) is 10.5. The van der Waals surface area contributed by atoms with Gasteiger partial charge in [-0.1, -0.05) is 41.5 Å². The van der Waals surface area contributed by atoms with E-state index in [1.165, 1.54) is 0 Å². The maximum atomic E-state index is 11.1. The Morgan fingerprint density at radius 3 is 1.27 bits per heavy atom. The van der Waals surface area contributed by atoms with Crippen LogP contribution < -0.4 is 0 Å². The highest BCUT2D eigenvalue weighted by molar-refractivity contribution is 7.99.